The van der Waals surface area contributed by atoms with E-state index in [0.717, 1.165) is 60.7 Å². The Bertz CT molecular complexity index is 913. The molecule has 6 nitrogen and oxygen atoms in total. The van der Waals surface area contributed by atoms with E-state index in [2.05, 4.69) is 10.3 Å². The molecule has 152 valence electrons. The van der Waals surface area contributed by atoms with Gasteiger partial charge in [0.2, 0.25) is 5.91 Å². The second-order valence-corrected chi connectivity index (χ2v) is 7.98. The number of carbonyl (C=O) groups excluding carboxylic acids is 1. The molecule has 1 amide bonds. The predicted octanol–water partition coefficient (Wildman–Crippen LogP) is 2.71. The molecule has 2 heterocycles. The van der Waals surface area contributed by atoms with Crippen LogP contribution in [0.4, 0.5) is 5.82 Å². The normalized spacial score (nSPS) is 21.0. The Morgan fingerprint density at radius 2 is 2.10 bits per heavy atom. The Balaban J connectivity index is 1.55. The minimum absolute atomic E-state index is 0.0609. The molecule has 4 rings (SSSR count). The van der Waals surface area contributed by atoms with E-state index in [9.17, 15) is 4.79 Å². The first-order chi connectivity index (χ1) is 14.1. The summed E-state index contributed by atoms with van der Waals surface area (Å²) >= 11 is 0. The molecule has 0 radical (unpaired) electrons. The second kappa shape index (κ2) is 8.33. The van der Waals surface area contributed by atoms with E-state index in [0.29, 0.717) is 13.1 Å². The molecule has 1 atom stereocenters. The van der Waals surface area contributed by atoms with Gasteiger partial charge in [0.15, 0.2) is 0 Å². The quantitative estimate of drug-likeness (QED) is 0.765. The fourth-order valence-electron chi connectivity index (χ4n) is 4.63. The highest BCUT2D eigenvalue weighted by atomic mass is 16.3. The van der Waals surface area contributed by atoms with Crippen molar-refractivity contribution in [3.63, 3.8) is 0 Å². The molecule has 6 heteroatoms. The van der Waals surface area contributed by atoms with E-state index in [1.165, 1.54) is 0 Å². The molecule has 1 aromatic carbocycles. The van der Waals surface area contributed by atoms with Crippen LogP contribution in [0, 0.1) is 6.92 Å². The number of piperidine rings is 1. The highest BCUT2D eigenvalue weighted by molar-refractivity contribution is 5.92. The number of aryl methyl sites for hydroxylation is 1. The number of nitrogens with zero attached hydrogens (tertiary/aromatic N) is 3. The Labute approximate surface area is 171 Å². The molecule has 1 unspecified atom stereocenters. The number of hydrogen-bond donors (Lipinski definition) is 2. The third-order valence-corrected chi connectivity index (χ3v) is 5.99. The lowest BCUT2D eigenvalue weighted by Crippen LogP contribution is -2.47. The van der Waals surface area contributed by atoms with Crippen LogP contribution in [0.5, 0.6) is 0 Å². The van der Waals surface area contributed by atoms with Crippen molar-refractivity contribution in [2.24, 2.45) is 0 Å². The van der Waals surface area contributed by atoms with Gasteiger partial charge in [-0.05, 0) is 44.2 Å². The average Bonchev–Trinajstić information content (AvgIpc) is 3.08. The van der Waals surface area contributed by atoms with E-state index in [1.54, 1.807) is 6.08 Å². The Kier molecular flexibility index (Phi) is 5.62. The number of carbonyl (C=O) groups is 1. The number of anilines is 1. The minimum Gasteiger partial charge on any atom is -0.395 e. The molecule has 2 aliphatic rings. The number of nitrogens with one attached hydrogen (secondary N) is 1. The number of hydrogen-bond acceptors (Lipinski definition) is 5. The van der Waals surface area contributed by atoms with Crippen molar-refractivity contribution < 1.29 is 9.90 Å². The number of aromatic nitrogens is 2. The first-order valence-electron chi connectivity index (χ1n) is 10.4. The smallest absolute Gasteiger partial charge is 0.246 e. The zero-order valence-corrected chi connectivity index (χ0v) is 16.9. The maximum atomic E-state index is 12.9. The molecule has 2 aromatic rings. The standard InChI is InChI=1S/C23H28N4O2/c1-17-25-21-19(22(26-17)24-13-15-28)10-12-23(21)11-5-14-27(16-23)20(29)9-8-18-6-3-2-4-7-18/h2-4,6-9,28H,5,10-16H2,1H3,(H,24,25,26). The van der Waals surface area contributed by atoms with E-state index >= 15 is 0 Å². The summed E-state index contributed by atoms with van der Waals surface area (Å²) in [7, 11) is 0. The van der Waals surface area contributed by atoms with Gasteiger partial charge < -0.3 is 15.3 Å². The van der Waals surface area contributed by atoms with Gasteiger partial charge in [-0.15, -0.1) is 0 Å². The van der Waals surface area contributed by atoms with E-state index in [1.807, 2.05) is 48.2 Å². The monoisotopic (exact) mass is 392 g/mol. The van der Waals surface area contributed by atoms with Crippen LogP contribution in [0.15, 0.2) is 36.4 Å². The highest BCUT2D eigenvalue weighted by Crippen LogP contribution is 2.45. The van der Waals surface area contributed by atoms with E-state index < -0.39 is 0 Å². The third kappa shape index (κ3) is 4.03. The molecule has 0 saturated carbocycles. The lowest BCUT2D eigenvalue weighted by Gasteiger charge is -2.40. The largest absolute Gasteiger partial charge is 0.395 e. The highest BCUT2D eigenvalue weighted by Gasteiger charge is 2.45. The lowest BCUT2D eigenvalue weighted by atomic mass is 9.77. The van der Waals surface area contributed by atoms with Crippen molar-refractivity contribution in [1.29, 1.82) is 0 Å². The summed E-state index contributed by atoms with van der Waals surface area (Å²) in [6.07, 6.45) is 7.49. The molecule has 2 N–H and O–H groups in total. The van der Waals surface area contributed by atoms with Crippen molar-refractivity contribution in [3.05, 3.63) is 59.1 Å². The zero-order chi connectivity index (χ0) is 20.3. The number of fused-ring (bicyclic) bond motifs is 2. The summed E-state index contributed by atoms with van der Waals surface area (Å²) in [5, 5.41) is 12.4. The van der Waals surface area contributed by atoms with E-state index in [4.69, 9.17) is 10.1 Å². The van der Waals surface area contributed by atoms with Gasteiger partial charge >= 0.3 is 0 Å². The molecule has 1 aromatic heterocycles. The molecule has 1 aliphatic carbocycles. The Morgan fingerprint density at radius 3 is 2.90 bits per heavy atom. The van der Waals surface area contributed by atoms with Crippen molar-refractivity contribution in [2.45, 2.75) is 38.0 Å². The fraction of sp³-hybridized carbons (Fsp3) is 0.435. The number of amides is 1. The van der Waals surface area contributed by atoms with Crippen LogP contribution in [-0.2, 0) is 16.6 Å². The van der Waals surface area contributed by atoms with Crippen LogP contribution >= 0.6 is 0 Å². The van der Waals surface area contributed by atoms with Gasteiger partial charge in [0.1, 0.15) is 11.6 Å². The van der Waals surface area contributed by atoms with Crippen LogP contribution in [0.3, 0.4) is 0 Å². The van der Waals surface area contributed by atoms with Crippen LogP contribution in [0.2, 0.25) is 0 Å². The number of likely N-dealkylation sites (tertiary alicyclic amines) is 1. The molecular formula is C23H28N4O2. The van der Waals surface area contributed by atoms with Gasteiger partial charge in [0.25, 0.3) is 0 Å². The molecule has 1 aliphatic heterocycles. The van der Waals surface area contributed by atoms with Crippen LogP contribution in [-0.4, -0.2) is 52.1 Å². The first kappa shape index (κ1) is 19.6. The minimum atomic E-state index is -0.0901. The summed E-state index contributed by atoms with van der Waals surface area (Å²) < 4.78 is 0. The van der Waals surface area contributed by atoms with Gasteiger partial charge in [-0.25, -0.2) is 9.97 Å². The number of aliphatic hydroxyl groups is 1. The summed E-state index contributed by atoms with van der Waals surface area (Å²) in [5.74, 6) is 1.63. The zero-order valence-electron chi connectivity index (χ0n) is 16.9. The summed E-state index contributed by atoms with van der Waals surface area (Å²) in [4.78, 5) is 24.2. The molecule has 1 fully saturated rings. The molecule has 29 heavy (non-hydrogen) atoms. The van der Waals surface area contributed by atoms with Crippen molar-refractivity contribution in [2.75, 3.05) is 31.6 Å². The van der Waals surface area contributed by atoms with Gasteiger partial charge in [0.05, 0.1) is 12.3 Å². The number of aliphatic hydroxyl groups excluding tert-OH is 1. The van der Waals surface area contributed by atoms with Gasteiger partial charge in [-0.2, -0.15) is 0 Å². The van der Waals surface area contributed by atoms with Crippen LogP contribution in [0.1, 0.15) is 41.9 Å². The third-order valence-electron chi connectivity index (χ3n) is 5.99. The lowest BCUT2D eigenvalue weighted by molar-refractivity contribution is -0.128. The van der Waals surface area contributed by atoms with Gasteiger partial charge in [-0.1, -0.05) is 30.3 Å². The van der Waals surface area contributed by atoms with Crippen molar-refractivity contribution in [1.82, 2.24) is 14.9 Å². The Morgan fingerprint density at radius 1 is 1.28 bits per heavy atom. The maximum absolute atomic E-state index is 12.9. The Hall–Kier alpha value is -2.73. The molecule has 1 saturated heterocycles. The molecular weight excluding hydrogens is 364 g/mol. The van der Waals surface area contributed by atoms with Gasteiger partial charge in [-0.3, -0.25) is 4.79 Å². The van der Waals surface area contributed by atoms with Gasteiger partial charge in [0, 0.05) is 36.7 Å². The topological polar surface area (TPSA) is 78.4 Å². The second-order valence-electron chi connectivity index (χ2n) is 7.98. The summed E-state index contributed by atoms with van der Waals surface area (Å²) in [6.45, 7) is 3.94. The van der Waals surface area contributed by atoms with Crippen LogP contribution < -0.4 is 5.32 Å². The number of benzene rings is 1. The number of rotatable bonds is 5. The molecule has 0 bridgehead atoms. The van der Waals surface area contributed by atoms with E-state index in [-0.39, 0.29) is 17.9 Å². The first-order valence-corrected chi connectivity index (χ1v) is 10.4. The van der Waals surface area contributed by atoms with Crippen LogP contribution in [0.25, 0.3) is 6.08 Å². The predicted molar refractivity (Wildman–Crippen MR) is 114 cm³/mol. The summed E-state index contributed by atoms with van der Waals surface area (Å²) in [6, 6.07) is 9.91. The SMILES string of the molecule is Cc1nc(NCCO)c2c(n1)C1(CCCN(C(=O)C=Cc3ccccc3)C1)CC2. The molecule has 1 spiro atoms. The average molecular weight is 393 g/mol. The van der Waals surface area contributed by atoms with Crippen molar-refractivity contribution >= 4 is 17.8 Å². The summed E-state index contributed by atoms with van der Waals surface area (Å²) in [5.41, 5.74) is 3.18. The van der Waals surface area contributed by atoms with Crippen molar-refractivity contribution in [3.8, 4) is 0 Å². The fourth-order valence-corrected chi connectivity index (χ4v) is 4.63. The maximum Gasteiger partial charge on any atom is 0.246 e.